The Morgan fingerprint density at radius 1 is 0.130 bits per heavy atom. The molecule has 0 saturated heterocycles. The summed E-state index contributed by atoms with van der Waals surface area (Å²) < 4.78 is 0. The van der Waals surface area contributed by atoms with Crippen molar-refractivity contribution in [2.45, 2.75) is 41.5 Å². The number of hydrogen-bond donors (Lipinski definition) is 0. The number of rotatable bonds is 5. The first-order valence-corrected chi connectivity index (χ1v) is 34.7. The highest BCUT2D eigenvalue weighted by molar-refractivity contribution is 6.09. The van der Waals surface area contributed by atoms with Gasteiger partial charge in [-0.2, -0.15) is 0 Å². The third-order valence-corrected chi connectivity index (χ3v) is 18.8. The molecule has 0 heterocycles. The quantitative estimate of drug-likeness (QED) is 0.151. The van der Waals surface area contributed by atoms with Crippen LogP contribution in [0.15, 0.2) is 388 Å². The molecule has 18 aromatic carbocycles. The van der Waals surface area contributed by atoms with E-state index in [-0.39, 0.29) is 0 Å². The Morgan fingerprint density at radius 2 is 0.460 bits per heavy atom. The minimum Gasteiger partial charge on any atom is -0.0622 e. The SMILES string of the molecule is Cc1cc2ccccc2c2ccccc12.Cc1ccc(-c2ccc3ccccc3c2)cc1.Cc1ccc(-c2cccc3ccccc23)cc1.Cc1ccc(-c2ccccc2)c2ccccc12.Cc1ccc2cc(-c3ccccc3)ccc2c1.Cc1cccc2c(-c3ccccc3)cccc12. The lowest BCUT2D eigenvalue weighted by Crippen LogP contribution is -1.83. The molecule has 0 heteroatoms. The van der Waals surface area contributed by atoms with Crippen molar-refractivity contribution in [1.82, 2.24) is 0 Å². The van der Waals surface area contributed by atoms with Gasteiger partial charge in [0.25, 0.3) is 0 Å². The average molecular weight is 1280 g/mol. The predicted molar refractivity (Wildman–Crippen MR) is 437 cm³/mol. The van der Waals surface area contributed by atoms with Crippen LogP contribution in [0.4, 0.5) is 0 Å². The van der Waals surface area contributed by atoms with E-state index in [0.29, 0.717) is 0 Å². The van der Waals surface area contributed by atoms with Gasteiger partial charge in [-0.05, 0) is 201 Å². The van der Waals surface area contributed by atoms with Gasteiger partial charge in [0.05, 0.1) is 0 Å². The first-order chi connectivity index (χ1) is 49.1. The monoisotopic (exact) mass is 1280 g/mol. The van der Waals surface area contributed by atoms with Crippen LogP contribution in [0, 0.1) is 41.5 Å². The van der Waals surface area contributed by atoms with Crippen molar-refractivity contribution >= 4 is 75.4 Å². The minimum atomic E-state index is 1.27. The average Bonchev–Trinajstić information content (AvgIpc) is 0.791. The minimum absolute atomic E-state index is 1.27. The maximum Gasteiger partial charge on any atom is -0.0103 e. The molecule has 0 unspecified atom stereocenters. The Labute approximate surface area is 590 Å². The van der Waals surface area contributed by atoms with Crippen molar-refractivity contribution < 1.29 is 0 Å². The summed E-state index contributed by atoms with van der Waals surface area (Å²) in [7, 11) is 0. The molecule has 0 radical (unpaired) electrons. The lowest BCUT2D eigenvalue weighted by atomic mass is 9.96. The zero-order valence-corrected chi connectivity index (χ0v) is 58.0. The van der Waals surface area contributed by atoms with Crippen molar-refractivity contribution in [1.29, 1.82) is 0 Å². The van der Waals surface area contributed by atoms with E-state index in [2.05, 4.69) is 424 Å². The first-order valence-electron chi connectivity index (χ1n) is 34.7. The van der Waals surface area contributed by atoms with Gasteiger partial charge < -0.3 is 0 Å². The van der Waals surface area contributed by atoms with Gasteiger partial charge >= 0.3 is 0 Å². The van der Waals surface area contributed by atoms with Crippen molar-refractivity contribution in [3.63, 3.8) is 0 Å². The highest BCUT2D eigenvalue weighted by Gasteiger charge is 2.09. The molecule has 0 nitrogen and oxygen atoms in total. The second-order valence-corrected chi connectivity index (χ2v) is 25.9. The van der Waals surface area contributed by atoms with E-state index in [1.807, 2.05) is 6.07 Å². The number of hydrogen-bond acceptors (Lipinski definition) is 0. The highest BCUT2D eigenvalue weighted by atomic mass is 14.1. The van der Waals surface area contributed by atoms with Gasteiger partial charge in [0.1, 0.15) is 0 Å². The zero-order chi connectivity index (χ0) is 68.6. The van der Waals surface area contributed by atoms with Crippen LogP contribution in [0.25, 0.3) is 131 Å². The molecule has 0 aliphatic carbocycles. The van der Waals surface area contributed by atoms with Crippen molar-refractivity contribution in [3.05, 3.63) is 422 Å². The van der Waals surface area contributed by atoms with Gasteiger partial charge in [-0.25, -0.2) is 0 Å². The summed E-state index contributed by atoms with van der Waals surface area (Å²) in [6.07, 6.45) is 0. The molecule has 0 bridgehead atoms. The lowest BCUT2D eigenvalue weighted by Gasteiger charge is -2.09. The van der Waals surface area contributed by atoms with Crippen LogP contribution in [0.1, 0.15) is 33.4 Å². The predicted octanol–water partition coefficient (Wildman–Crippen LogP) is 28.4. The smallest absolute Gasteiger partial charge is 0.0103 e. The fraction of sp³-hybridized carbons (Fsp3) is 0.0600. The largest absolute Gasteiger partial charge is 0.0622 e. The number of benzene rings is 18. The molecule has 100 heavy (non-hydrogen) atoms. The maximum absolute atomic E-state index is 2.26. The van der Waals surface area contributed by atoms with Gasteiger partial charge in [-0.1, -0.05) is 393 Å². The third-order valence-electron chi connectivity index (χ3n) is 18.8. The van der Waals surface area contributed by atoms with Gasteiger partial charge in [0, 0.05) is 0 Å². The second-order valence-electron chi connectivity index (χ2n) is 25.9. The molecule has 0 atom stereocenters. The molecule has 0 spiro atoms. The molecular formula is C100H82. The molecule has 0 aliphatic heterocycles. The third kappa shape index (κ3) is 15.9. The van der Waals surface area contributed by atoms with Crippen molar-refractivity contribution in [3.8, 4) is 55.6 Å². The van der Waals surface area contributed by atoms with Crippen molar-refractivity contribution in [2.24, 2.45) is 0 Å². The summed E-state index contributed by atoms with van der Waals surface area (Å²) >= 11 is 0. The van der Waals surface area contributed by atoms with Gasteiger partial charge in [0.15, 0.2) is 0 Å². The van der Waals surface area contributed by atoms with E-state index in [0.717, 1.165) is 0 Å². The first kappa shape index (κ1) is 66.4. The van der Waals surface area contributed by atoms with E-state index < -0.39 is 0 Å². The molecule has 0 aliphatic rings. The molecule has 0 amide bonds. The fourth-order valence-electron chi connectivity index (χ4n) is 13.4. The normalized spacial score (nSPS) is 10.7. The molecule has 482 valence electrons. The van der Waals surface area contributed by atoms with E-state index in [1.54, 1.807) is 0 Å². The van der Waals surface area contributed by atoms with E-state index in [9.17, 15) is 0 Å². The molecule has 0 aromatic heterocycles. The van der Waals surface area contributed by atoms with E-state index >= 15 is 0 Å². The summed E-state index contributed by atoms with van der Waals surface area (Å²) in [5.41, 5.74) is 20.8. The molecule has 0 N–H and O–H groups in total. The Kier molecular flexibility index (Phi) is 21.1. The van der Waals surface area contributed by atoms with Gasteiger partial charge in [-0.3, -0.25) is 0 Å². The van der Waals surface area contributed by atoms with Crippen LogP contribution in [-0.4, -0.2) is 0 Å². The topological polar surface area (TPSA) is 0 Å². The summed E-state index contributed by atoms with van der Waals surface area (Å²) in [6.45, 7) is 12.9. The van der Waals surface area contributed by atoms with Gasteiger partial charge in [-0.15, -0.1) is 0 Å². The van der Waals surface area contributed by atoms with Crippen LogP contribution in [-0.2, 0) is 0 Å². The molecular weight excluding hydrogens is 1200 g/mol. The Balaban J connectivity index is 0.000000108. The number of aryl methyl sites for hydroxylation is 6. The summed E-state index contributed by atoms with van der Waals surface area (Å²) in [4.78, 5) is 0. The summed E-state index contributed by atoms with van der Waals surface area (Å²) in [6, 6.07) is 138. The van der Waals surface area contributed by atoms with Crippen LogP contribution >= 0.6 is 0 Å². The fourth-order valence-corrected chi connectivity index (χ4v) is 13.4. The Morgan fingerprint density at radius 3 is 1.07 bits per heavy atom. The number of fused-ring (bicyclic) bond motifs is 8. The Bertz CT molecular complexity index is 5660. The Hall–Kier alpha value is -12.2. The second kappa shape index (κ2) is 31.8. The lowest BCUT2D eigenvalue weighted by molar-refractivity contribution is 1.47. The van der Waals surface area contributed by atoms with Crippen LogP contribution in [0.2, 0.25) is 0 Å². The highest BCUT2D eigenvalue weighted by Crippen LogP contribution is 2.34. The molecule has 0 saturated carbocycles. The zero-order valence-electron chi connectivity index (χ0n) is 58.0. The summed E-state index contributed by atoms with van der Waals surface area (Å²) in [5.74, 6) is 0. The van der Waals surface area contributed by atoms with Crippen molar-refractivity contribution in [2.75, 3.05) is 0 Å². The molecule has 18 aromatic rings. The summed E-state index contributed by atoms with van der Waals surface area (Å²) in [5, 5.41) is 18.6. The van der Waals surface area contributed by atoms with E-state index in [4.69, 9.17) is 0 Å². The van der Waals surface area contributed by atoms with Crippen LogP contribution in [0.3, 0.4) is 0 Å². The molecule has 18 rings (SSSR count). The van der Waals surface area contributed by atoms with E-state index in [1.165, 1.54) is 164 Å². The molecule has 0 fully saturated rings. The van der Waals surface area contributed by atoms with Crippen LogP contribution < -0.4 is 0 Å². The standard InChI is InChI=1S/5C17H14.C15H12/c1-13-9-11-15(12-10-13)17-8-4-6-14-5-2-3-7-16(14)17;1-13-7-5-12-17-15(13)10-6-11-16(17)14-8-3-2-4-9-14;1-13-11-12-16(14-7-3-2-4-8-14)17-10-6-5-9-15(13)17;1-13-6-8-15(9-7-13)17-11-10-14-4-2-3-5-16(14)12-17;1-13-7-8-17-12-16(10-9-15(17)11-13)14-5-3-2-4-6-14;1-11-10-12-6-2-3-8-14(12)15-9-5-4-7-13(11)15/h5*2-12H,1H3;2-10H,1H3. The van der Waals surface area contributed by atoms with Gasteiger partial charge in [0.2, 0.25) is 0 Å². The maximum atomic E-state index is 2.26. The van der Waals surface area contributed by atoms with Crippen LogP contribution in [0.5, 0.6) is 0 Å².